The highest BCUT2D eigenvalue weighted by Crippen LogP contribution is 2.56. The first-order valence-electron chi connectivity index (χ1n) is 6.43. The van der Waals surface area contributed by atoms with Gasteiger partial charge >= 0.3 is 0 Å². The summed E-state index contributed by atoms with van der Waals surface area (Å²) in [5, 5.41) is 0. The molecule has 2 fully saturated rings. The van der Waals surface area contributed by atoms with Gasteiger partial charge in [-0.1, -0.05) is 12.8 Å². The maximum Gasteiger partial charge on any atom is 0.201 e. The Bertz CT molecular complexity index is 409. The number of hydrogen-bond acceptors (Lipinski definition) is 3. The van der Waals surface area contributed by atoms with Crippen LogP contribution in [0, 0.1) is 17.8 Å². The Labute approximate surface area is 101 Å². The molecule has 0 aromatic carbocycles. The number of hydrogen-bond donors (Lipinski definition) is 0. The normalized spacial score (nSPS) is 31.0. The third kappa shape index (κ3) is 1.93. The molecule has 3 nitrogen and oxygen atoms in total. The minimum absolute atomic E-state index is 0.212. The maximum atomic E-state index is 12.3. The first-order chi connectivity index (χ1) is 8.31. The summed E-state index contributed by atoms with van der Waals surface area (Å²) in [6.07, 6.45) is 5.04. The van der Waals surface area contributed by atoms with Gasteiger partial charge < -0.3 is 9.15 Å². The SMILES string of the molecule is COCc1ccc(C(=O)C2C3CCCCC32)o1. The van der Waals surface area contributed by atoms with E-state index in [-0.39, 0.29) is 11.7 Å². The molecule has 0 amide bonds. The number of carbonyl (C=O) groups is 1. The van der Waals surface area contributed by atoms with E-state index in [4.69, 9.17) is 9.15 Å². The Morgan fingerprint density at radius 3 is 2.71 bits per heavy atom. The van der Waals surface area contributed by atoms with Crippen molar-refractivity contribution in [3.05, 3.63) is 23.7 Å². The summed E-state index contributed by atoms with van der Waals surface area (Å²) in [5.41, 5.74) is 0. The molecule has 2 aliphatic rings. The second-order valence-electron chi connectivity index (χ2n) is 5.20. The molecule has 1 heterocycles. The number of rotatable bonds is 4. The molecule has 0 aliphatic heterocycles. The lowest BCUT2D eigenvalue weighted by Gasteiger charge is -2.04. The zero-order valence-corrected chi connectivity index (χ0v) is 10.1. The van der Waals surface area contributed by atoms with Crippen molar-refractivity contribution in [1.29, 1.82) is 0 Å². The van der Waals surface area contributed by atoms with Crippen molar-refractivity contribution in [2.75, 3.05) is 7.11 Å². The van der Waals surface area contributed by atoms with Gasteiger partial charge in [0.1, 0.15) is 12.4 Å². The molecule has 92 valence electrons. The molecule has 17 heavy (non-hydrogen) atoms. The summed E-state index contributed by atoms with van der Waals surface area (Å²) in [6, 6.07) is 3.63. The highest BCUT2D eigenvalue weighted by atomic mass is 16.5. The molecule has 0 saturated heterocycles. The average Bonchev–Trinajstić information content (AvgIpc) is 2.89. The molecule has 2 atom stereocenters. The van der Waals surface area contributed by atoms with Gasteiger partial charge in [-0.3, -0.25) is 4.79 Å². The van der Waals surface area contributed by atoms with Gasteiger partial charge in [-0.15, -0.1) is 0 Å². The van der Waals surface area contributed by atoms with Crippen molar-refractivity contribution >= 4 is 5.78 Å². The van der Waals surface area contributed by atoms with Gasteiger partial charge in [0.25, 0.3) is 0 Å². The highest BCUT2D eigenvalue weighted by molar-refractivity contribution is 5.97. The topological polar surface area (TPSA) is 39.4 Å². The Kier molecular flexibility index (Phi) is 2.79. The van der Waals surface area contributed by atoms with Gasteiger partial charge in [-0.2, -0.15) is 0 Å². The smallest absolute Gasteiger partial charge is 0.201 e. The second-order valence-corrected chi connectivity index (χ2v) is 5.20. The standard InChI is InChI=1S/C14H18O3/c1-16-8-9-6-7-12(17-9)14(15)13-10-4-2-3-5-11(10)13/h6-7,10-11,13H,2-5,8H2,1H3. The van der Waals surface area contributed by atoms with E-state index in [9.17, 15) is 4.79 Å². The number of furan rings is 1. The summed E-state index contributed by atoms with van der Waals surface area (Å²) in [7, 11) is 1.62. The number of fused-ring (bicyclic) bond motifs is 1. The second kappa shape index (κ2) is 4.30. The third-order valence-corrected chi connectivity index (χ3v) is 4.15. The Morgan fingerprint density at radius 1 is 1.35 bits per heavy atom. The van der Waals surface area contributed by atoms with Gasteiger partial charge in [-0.25, -0.2) is 0 Å². The zero-order valence-electron chi connectivity index (χ0n) is 10.1. The molecule has 0 N–H and O–H groups in total. The molecule has 1 aromatic heterocycles. The molecule has 3 rings (SSSR count). The van der Waals surface area contributed by atoms with Gasteiger partial charge in [0, 0.05) is 13.0 Å². The summed E-state index contributed by atoms with van der Waals surface area (Å²) in [4.78, 5) is 12.3. The molecule has 1 aromatic rings. The van der Waals surface area contributed by atoms with E-state index in [1.807, 2.05) is 6.07 Å². The molecule has 3 heteroatoms. The predicted molar refractivity (Wildman–Crippen MR) is 62.7 cm³/mol. The van der Waals surface area contributed by atoms with Crippen molar-refractivity contribution in [1.82, 2.24) is 0 Å². The van der Waals surface area contributed by atoms with Crippen LogP contribution < -0.4 is 0 Å². The lowest BCUT2D eigenvalue weighted by Crippen LogP contribution is -2.02. The van der Waals surface area contributed by atoms with Crippen LogP contribution in [-0.4, -0.2) is 12.9 Å². The zero-order chi connectivity index (χ0) is 11.8. The van der Waals surface area contributed by atoms with E-state index in [0.29, 0.717) is 24.2 Å². The van der Waals surface area contributed by atoms with E-state index in [2.05, 4.69) is 0 Å². The van der Waals surface area contributed by atoms with Crippen molar-refractivity contribution in [2.45, 2.75) is 32.3 Å². The first-order valence-corrected chi connectivity index (χ1v) is 6.43. The Hall–Kier alpha value is -1.09. The maximum absolute atomic E-state index is 12.3. The third-order valence-electron chi connectivity index (χ3n) is 4.15. The minimum atomic E-state index is 0.212. The number of ether oxygens (including phenoxy) is 1. The van der Waals surface area contributed by atoms with Crippen molar-refractivity contribution in [3.8, 4) is 0 Å². The summed E-state index contributed by atoms with van der Waals surface area (Å²) < 4.78 is 10.5. The largest absolute Gasteiger partial charge is 0.456 e. The number of carbonyl (C=O) groups excluding carboxylic acids is 1. The molecule has 2 unspecified atom stereocenters. The lowest BCUT2D eigenvalue weighted by atomic mass is 10.0. The van der Waals surface area contributed by atoms with E-state index >= 15 is 0 Å². The lowest BCUT2D eigenvalue weighted by molar-refractivity contribution is 0.0920. The van der Waals surface area contributed by atoms with Crippen LogP contribution in [-0.2, 0) is 11.3 Å². The van der Waals surface area contributed by atoms with E-state index < -0.39 is 0 Å². The van der Waals surface area contributed by atoms with Crippen LogP contribution in [0.15, 0.2) is 16.5 Å². The van der Waals surface area contributed by atoms with Gasteiger partial charge in [0.2, 0.25) is 5.78 Å². The molecular weight excluding hydrogens is 216 g/mol. The molecule has 0 bridgehead atoms. The van der Waals surface area contributed by atoms with Crippen molar-refractivity contribution in [2.24, 2.45) is 17.8 Å². The number of Topliss-reactive ketones (excluding diaryl/α,β-unsaturated/α-hetero) is 1. The summed E-state index contributed by atoms with van der Waals surface area (Å²) in [5.74, 6) is 3.01. The van der Waals surface area contributed by atoms with Crippen LogP contribution in [0.5, 0.6) is 0 Å². The monoisotopic (exact) mass is 234 g/mol. The molecule has 2 saturated carbocycles. The molecular formula is C14H18O3. The van der Waals surface area contributed by atoms with Crippen LogP contribution in [0.1, 0.15) is 42.0 Å². The van der Waals surface area contributed by atoms with E-state index in [1.165, 1.54) is 25.7 Å². The minimum Gasteiger partial charge on any atom is -0.456 e. The van der Waals surface area contributed by atoms with Crippen LogP contribution in [0.25, 0.3) is 0 Å². The van der Waals surface area contributed by atoms with Gasteiger partial charge in [0.05, 0.1) is 0 Å². The van der Waals surface area contributed by atoms with Crippen LogP contribution >= 0.6 is 0 Å². The number of ketones is 1. The number of methoxy groups -OCH3 is 1. The van der Waals surface area contributed by atoms with Gasteiger partial charge in [0.15, 0.2) is 5.76 Å². The van der Waals surface area contributed by atoms with Crippen LogP contribution in [0.4, 0.5) is 0 Å². The Balaban J connectivity index is 1.69. The fourth-order valence-electron chi connectivity index (χ4n) is 3.28. The Morgan fingerprint density at radius 2 is 2.06 bits per heavy atom. The summed E-state index contributed by atoms with van der Waals surface area (Å²) >= 11 is 0. The van der Waals surface area contributed by atoms with E-state index in [0.717, 1.165) is 5.76 Å². The van der Waals surface area contributed by atoms with E-state index in [1.54, 1.807) is 13.2 Å². The summed E-state index contributed by atoms with van der Waals surface area (Å²) in [6.45, 7) is 0.435. The van der Waals surface area contributed by atoms with Crippen molar-refractivity contribution in [3.63, 3.8) is 0 Å². The quantitative estimate of drug-likeness (QED) is 0.752. The van der Waals surface area contributed by atoms with Crippen molar-refractivity contribution < 1.29 is 13.9 Å². The molecule has 0 radical (unpaired) electrons. The molecule has 2 aliphatic carbocycles. The van der Waals surface area contributed by atoms with Crippen LogP contribution in [0.3, 0.4) is 0 Å². The van der Waals surface area contributed by atoms with Gasteiger partial charge in [-0.05, 0) is 36.8 Å². The first kappa shape index (κ1) is 11.0. The average molecular weight is 234 g/mol. The highest BCUT2D eigenvalue weighted by Gasteiger charge is 2.55. The fraction of sp³-hybridized carbons (Fsp3) is 0.643. The fourth-order valence-corrected chi connectivity index (χ4v) is 3.28. The predicted octanol–water partition coefficient (Wildman–Crippen LogP) is 3.04. The molecule has 0 spiro atoms. The van der Waals surface area contributed by atoms with Crippen LogP contribution in [0.2, 0.25) is 0 Å².